The number of ether oxygens (including phenoxy) is 1. The van der Waals surface area contributed by atoms with Crippen LogP contribution in [0.25, 0.3) is 22.4 Å². The second-order valence-corrected chi connectivity index (χ2v) is 6.73. The minimum atomic E-state index is -0.242. The summed E-state index contributed by atoms with van der Waals surface area (Å²) in [6.07, 6.45) is 2.61. The molecule has 0 unspecified atom stereocenters. The molecule has 0 atom stereocenters. The lowest BCUT2D eigenvalue weighted by Gasteiger charge is -2.28. The predicted octanol–water partition coefficient (Wildman–Crippen LogP) is 1.42. The number of para-hydroxylation sites is 1. The Morgan fingerprint density at radius 2 is 2.00 bits per heavy atom. The van der Waals surface area contributed by atoms with E-state index in [1.54, 1.807) is 12.3 Å². The molecule has 3 aromatic rings. The Bertz CT molecular complexity index is 1080. The van der Waals surface area contributed by atoms with Crippen molar-refractivity contribution >= 4 is 40.8 Å². The number of aromatic nitrogens is 4. The van der Waals surface area contributed by atoms with Crippen molar-refractivity contribution in [3.63, 3.8) is 0 Å². The lowest BCUT2D eigenvalue weighted by molar-refractivity contribution is -0.118. The van der Waals surface area contributed by atoms with Crippen LogP contribution in [0.2, 0.25) is 0 Å². The quantitative estimate of drug-likeness (QED) is 0.581. The maximum Gasteiger partial charge on any atom is 0.224 e. The van der Waals surface area contributed by atoms with Crippen LogP contribution < -0.4 is 16.0 Å². The highest BCUT2D eigenvalue weighted by Gasteiger charge is 2.20. The molecule has 30 heavy (non-hydrogen) atoms. The molecular weight excluding hydrogens is 386 g/mol. The third-order valence-corrected chi connectivity index (χ3v) is 4.68. The van der Waals surface area contributed by atoms with Crippen molar-refractivity contribution in [3.05, 3.63) is 30.5 Å². The highest BCUT2D eigenvalue weighted by Crippen LogP contribution is 2.29. The van der Waals surface area contributed by atoms with Gasteiger partial charge in [0.1, 0.15) is 6.29 Å². The van der Waals surface area contributed by atoms with Crippen LogP contribution in [0.5, 0.6) is 0 Å². The Balaban J connectivity index is 1.74. The minimum Gasteiger partial charge on any atom is -0.378 e. The fourth-order valence-electron chi connectivity index (χ4n) is 3.25. The third-order valence-electron chi connectivity index (χ3n) is 4.68. The van der Waals surface area contributed by atoms with Crippen LogP contribution in [-0.4, -0.2) is 58.4 Å². The zero-order valence-electron chi connectivity index (χ0n) is 16.2. The summed E-state index contributed by atoms with van der Waals surface area (Å²) in [6.45, 7) is 2.52. The largest absolute Gasteiger partial charge is 0.378 e. The number of benzene rings is 1. The molecule has 2 aromatic heterocycles. The van der Waals surface area contributed by atoms with Gasteiger partial charge < -0.3 is 25.5 Å². The lowest BCUT2D eigenvalue weighted by atomic mass is 10.1. The number of anilines is 3. The molecule has 1 fully saturated rings. The van der Waals surface area contributed by atoms with E-state index in [4.69, 9.17) is 15.5 Å². The summed E-state index contributed by atoms with van der Waals surface area (Å²) < 4.78 is 5.42. The summed E-state index contributed by atoms with van der Waals surface area (Å²) in [6, 6.07) is 7.29. The van der Waals surface area contributed by atoms with Crippen LogP contribution in [0.1, 0.15) is 12.8 Å². The molecule has 1 saturated heterocycles. The Kier molecular flexibility index (Phi) is 5.75. The van der Waals surface area contributed by atoms with E-state index in [0.29, 0.717) is 60.2 Å². The maximum atomic E-state index is 12.1. The van der Waals surface area contributed by atoms with Gasteiger partial charge in [0.2, 0.25) is 11.9 Å². The summed E-state index contributed by atoms with van der Waals surface area (Å²) in [5.74, 6) is 0.505. The molecular formula is C20H21N7O3. The zero-order chi connectivity index (χ0) is 20.9. The number of nitrogens with zero attached hydrogens (tertiary/aromatic N) is 5. The second-order valence-electron chi connectivity index (χ2n) is 6.73. The summed E-state index contributed by atoms with van der Waals surface area (Å²) in [5.41, 5.74) is 8.68. The van der Waals surface area contributed by atoms with E-state index in [-0.39, 0.29) is 24.7 Å². The van der Waals surface area contributed by atoms with Crippen LogP contribution >= 0.6 is 0 Å². The molecule has 1 aliphatic heterocycles. The van der Waals surface area contributed by atoms with Gasteiger partial charge in [-0.3, -0.25) is 4.79 Å². The molecule has 0 aliphatic carbocycles. The number of carbonyl (C=O) groups is 2. The highest BCUT2D eigenvalue weighted by molar-refractivity contribution is 5.96. The third kappa shape index (κ3) is 4.18. The molecule has 3 heterocycles. The van der Waals surface area contributed by atoms with E-state index < -0.39 is 0 Å². The van der Waals surface area contributed by atoms with Gasteiger partial charge in [-0.1, -0.05) is 18.2 Å². The molecule has 10 nitrogen and oxygen atoms in total. The topological polar surface area (TPSA) is 136 Å². The Morgan fingerprint density at radius 1 is 1.20 bits per heavy atom. The number of morpholine rings is 1. The van der Waals surface area contributed by atoms with E-state index in [1.165, 1.54) is 0 Å². The number of rotatable bonds is 6. The van der Waals surface area contributed by atoms with Crippen molar-refractivity contribution in [2.24, 2.45) is 0 Å². The normalized spacial score (nSPS) is 13.9. The van der Waals surface area contributed by atoms with Gasteiger partial charge in [0, 0.05) is 31.5 Å². The summed E-state index contributed by atoms with van der Waals surface area (Å²) in [4.78, 5) is 42.5. The maximum absolute atomic E-state index is 12.1. The van der Waals surface area contributed by atoms with E-state index in [1.807, 2.05) is 18.2 Å². The monoisotopic (exact) mass is 407 g/mol. The molecule has 1 aromatic carbocycles. The van der Waals surface area contributed by atoms with Crippen LogP contribution in [0.3, 0.4) is 0 Å². The van der Waals surface area contributed by atoms with Gasteiger partial charge in [-0.2, -0.15) is 9.97 Å². The van der Waals surface area contributed by atoms with Crippen molar-refractivity contribution in [2.75, 3.05) is 42.3 Å². The second kappa shape index (κ2) is 8.78. The molecule has 0 bridgehead atoms. The average molecular weight is 407 g/mol. The number of nitrogens with one attached hydrogen (secondary N) is 1. The van der Waals surface area contributed by atoms with Crippen molar-refractivity contribution in [1.29, 1.82) is 0 Å². The van der Waals surface area contributed by atoms with Gasteiger partial charge in [-0.05, 0) is 6.07 Å². The molecule has 0 spiro atoms. The molecule has 0 radical (unpaired) electrons. The Labute approximate surface area is 172 Å². The number of fused-ring (bicyclic) bond motifs is 1. The summed E-state index contributed by atoms with van der Waals surface area (Å²) in [7, 11) is 0. The van der Waals surface area contributed by atoms with E-state index >= 15 is 0 Å². The number of hydrogen-bond donors (Lipinski definition) is 2. The van der Waals surface area contributed by atoms with Gasteiger partial charge >= 0.3 is 0 Å². The molecule has 0 saturated carbocycles. The van der Waals surface area contributed by atoms with Crippen LogP contribution in [0.4, 0.5) is 17.5 Å². The molecule has 1 aliphatic rings. The molecule has 10 heteroatoms. The fourth-order valence-corrected chi connectivity index (χ4v) is 3.25. The fraction of sp³-hybridized carbons (Fsp3) is 0.300. The van der Waals surface area contributed by atoms with E-state index in [0.717, 1.165) is 6.29 Å². The van der Waals surface area contributed by atoms with Crippen molar-refractivity contribution in [2.45, 2.75) is 12.8 Å². The summed E-state index contributed by atoms with van der Waals surface area (Å²) in [5, 5.41) is 2.84. The highest BCUT2D eigenvalue weighted by atomic mass is 16.5. The van der Waals surface area contributed by atoms with Gasteiger partial charge in [0.05, 0.1) is 30.8 Å². The average Bonchev–Trinajstić information content (AvgIpc) is 2.78. The van der Waals surface area contributed by atoms with Crippen LogP contribution in [0, 0.1) is 0 Å². The molecule has 1 amide bonds. The smallest absolute Gasteiger partial charge is 0.224 e. The zero-order valence-corrected chi connectivity index (χ0v) is 16.2. The molecule has 4 rings (SSSR count). The van der Waals surface area contributed by atoms with Crippen LogP contribution in [-0.2, 0) is 14.3 Å². The number of amides is 1. The first-order chi connectivity index (χ1) is 14.7. The summed E-state index contributed by atoms with van der Waals surface area (Å²) >= 11 is 0. The number of aldehydes is 1. The first-order valence-electron chi connectivity index (χ1n) is 9.61. The minimum absolute atomic E-state index is 0.121. The SMILES string of the molecule is Nc1nc(N2CCOCC2)c2nc(-c3ccccc3NC(=O)CCC=O)cnc2n1. The standard InChI is InChI=1S/C20H21N7O3/c21-20-25-18-17(19(26-20)27-7-10-30-11-8-27)24-15(12-22-18)13-4-1-2-5-14(13)23-16(29)6-3-9-28/h1-2,4-5,9,12H,3,6-8,10-11H2,(H,23,29)(H2,21,22,25,26). The predicted molar refractivity (Wildman–Crippen MR) is 112 cm³/mol. The number of carbonyl (C=O) groups excluding carboxylic acids is 2. The number of hydrogen-bond acceptors (Lipinski definition) is 9. The van der Waals surface area contributed by atoms with Crippen LogP contribution in [0.15, 0.2) is 30.5 Å². The van der Waals surface area contributed by atoms with Gasteiger partial charge in [0.15, 0.2) is 17.0 Å². The number of nitrogen functional groups attached to an aromatic ring is 1. The van der Waals surface area contributed by atoms with E-state index in [9.17, 15) is 9.59 Å². The van der Waals surface area contributed by atoms with Gasteiger partial charge in [-0.15, -0.1) is 0 Å². The van der Waals surface area contributed by atoms with Gasteiger partial charge in [-0.25, -0.2) is 9.97 Å². The Morgan fingerprint density at radius 3 is 2.80 bits per heavy atom. The van der Waals surface area contributed by atoms with Gasteiger partial charge in [0.25, 0.3) is 0 Å². The molecule has 3 N–H and O–H groups in total. The number of nitrogens with two attached hydrogens (primary N) is 1. The molecule has 154 valence electrons. The first kappa shape index (κ1) is 19.6. The van der Waals surface area contributed by atoms with Crippen molar-refractivity contribution < 1.29 is 14.3 Å². The Hall–Kier alpha value is -3.66. The van der Waals surface area contributed by atoms with Crippen molar-refractivity contribution in [3.8, 4) is 11.3 Å². The first-order valence-corrected chi connectivity index (χ1v) is 9.61. The van der Waals surface area contributed by atoms with E-state index in [2.05, 4.69) is 25.2 Å². The van der Waals surface area contributed by atoms with Crippen molar-refractivity contribution in [1.82, 2.24) is 19.9 Å². The lowest BCUT2D eigenvalue weighted by Crippen LogP contribution is -2.37.